The molecule has 0 bridgehead atoms. The molecule has 0 aliphatic carbocycles. The van der Waals surface area contributed by atoms with Crippen LogP contribution in [-0.2, 0) is 13.0 Å². The van der Waals surface area contributed by atoms with Gasteiger partial charge in [-0.3, -0.25) is 4.90 Å². The van der Waals surface area contributed by atoms with Gasteiger partial charge in [0.05, 0.1) is 6.61 Å². The highest BCUT2D eigenvalue weighted by atomic mass is 16.3. The van der Waals surface area contributed by atoms with Crippen LogP contribution in [0.15, 0.2) is 6.20 Å². The van der Waals surface area contributed by atoms with E-state index in [1.165, 1.54) is 37.3 Å². The molecular formula is C16H27N3O. The second kappa shape index (κ2) is 5.86. The lowest BCUT2D eigenvalue weighted by molar-refractivity contribution is 0.198. The monoisotopic (exact) mass is 277 g/mol. The summed E-state index contributed by atoms with van der Waals surface area (Å²) < 4.78 is 2.38. The smallest absolute Gasteiger partial charge is 0.110 e. The summed E-state index contributed by atoms with van der Waals surface area (Å²) in [7, 11) is 0. The lowest BCUT2D eigenvalue weighted by atomic mass is 9.97. The standard InChI is InChI=1S/C16H27N3O/c1-12(2)18-7-4-6-14(18)9-16-17-10-15-13(11-20)5-3-8-19(15)16/h10,12-14,20H,3-9,11H2,1-2H3. The van der Waals surface area contributed by atoms with Crippen molar-refractivity contribution in [2.24, 2.45) is 0 Å². The molecule has 1 aromatic rings. The Kier molecular flexibility index (Phi) is 4.13. The van der Waals surface area contributed by atoms with E-state index in [-0.39, 0.29) is 6.61 Å². The van der Waals surface area contributed by atoms with Crippen LogP contribution in [0.25, 0.3) is 0 Å². The zero-order valence-corrected chi connectivity index (χ0v) is 12.8. The Morgan fingerprint density at radius 3 is 2.85 bits per heavy atom. The van der Waals surface area contributed by atoms with Crippen molar-refractivity contribution in [3.63, 3.8) is 0 Å². The fourth-order valence-electron chi connectivity index (χ4n) is 3.97. The van der Waals surface area contributed by atoms with E-state index in [2.05, 4.69) is 28.3 Å². The van der Waals surface area contributed by atoms with E-state index in [1.54, 1.807) is 0 Å². The number of aliphatic hydroxyl groups is 1. The van der Waals surface area contributed by atoms with E-state index in [0.29, 0.717) is 18.0 Å². The number of aromatic nitrogens is 2. The van der Waals surface area contributed by atoms with Crippen LogP contribution >= 0.6 is 0 Å². The van der Waals surface area contributed by atoms with E-state index in [9.17, 15) is 5.11 Å². The highest BCUT2D eigenvalue weighted by molar-refractivity contribution is 5.14. The van der Waals surface area contributed by atoms with Crippen LogP contribution in [-0.4, -0.2) is 44.8 Å². The molecule has 2 atom stereocenters. The molecular weight excluding hydrogens is 250 g/mol. The average Bonchev–Trinajstić information content (AvgIpc) is 3.06. The maximum atomic E-state index is 9.50. The van der Waals surface area contributed by atoms with Crippen molar-refractivity contribution in [3.8, 4) is 0 Å². The van der Waals surface area contributed by atoms with Gasteiger partial charge in [-0.05, 0) is 46.1 Å². The number of nitrogens with zero attached hydrogens (tertiary/aromatic N) is 3. The summed E-state index contributed by atoms with van der Waals surface area (Å²) in [4.78, 5) is 7.30. The Hall–Kier alpha value is -0.870. The SMILES string of the molecule is CC(C)N1CCCC1Cc1ncc2n1CCCC2CO. The molecule has 2 unspecified atom stereocenters. The Morgan fingerprint density at radius 1 is 1.30 bits per heavy atom. The van der Waals surface area contributed by atoms with Gasteiger partial charge >= 0.3 is 0 Å². The van der Waals surface area contributed by atoms with Crippen molar-refractivity contribution in [1.82, 2.24) is 14.5 Å². The molecule has 2 aliphatic heterocycles. The van der Waals surface area contributed by atoms with Crippen LogP contribution < -0.4 is 0 Å². The third-order valence-corrected chi connectivity index (χ3v) is 5.05. The second-order valence-corrected chi connectivity index (χ2v) is 6.60. The first kappa shape index (κ1) is 14.1. The minimum absolute atomic E-state index is 0.257. The molecule has 0 radical (unpaired) electrons. The predicted molar refractivity (Wildman–Crippen MR) is 79.9 cm³/mol. The molecule has 1 aromatic heterocycles. The van der Waals surface area contributed by atoms with Crippen molar-refractivity contribution in [2.75, 3.05) is 13.2 Å². The van der Waals surface area contributed by atoms with Gasteiger partial charge in [-0.25, -0.2) is 4.98 Å². The van der Waals surface area contributed by atoms with E-state index < -0.39 is 0 Å². The molecule has 3 rings (SSSR count). The van der Waals surface area contributed by atoms with Gasteiger partial charge in [0.1, 0.15) is 5.82 Å². The fourth-order valence-corrected chi connectivity index (χ4v) is 3.97. The Balaban J connectivity index is 1.77. The van der Waals surface area contributed by atoms with Crippen molar-refractivity contribution in [2.45, 2.75) is 70.5 Å². The summed E-state index contributed by atoms with van der Waals surface area (Å²) in [5.41, 5.74) is 1.25. The van der Waals surface area contributed by atoms with Crippen LogP contribution in [0.1, 0.15) is 57.0 Å². The Labute approximate surface area is 121 Å². The number of hydrogen-bond acceptors (Lipinski definition) is 3. The van der Waals surface area contributed by atoms with Gasteiger partial charge in [0, 0.05) is 42.9 Å². The first-order valence-corrected chi connectivity index (χ1v) is 8.11. The number of fused-ring (bicyclic) bond motifs is 1. The molecule has 20 heavy (non-hydrogen) atoms. The van der Waals surface area contributed by atoms with Crippen molar-refractivity contribution in [3.05, 3.63) is 17.7 Å². The largest absolute Gasteiger partial charge is 0.396 e. The quantitative estimate of drug-likeness (QED) is 0.917. The molecule has 0 amide bonds. The predicted octanol–water partition coefficient (Wildman–Crippen LogP) is 2.17. The van der Waals surface area contributed by atoms with Crippen molar-refractivity contribution >= 4 is 0 Å². The fraction of sp³-hybridized carbons (Fsp3) is 0.812. The van der Waals surface area contributed by atoms with Gasteiger partial charge in [-0.15, -0.1) is 0 Å². The van der Waals surface area contributed by atoms with E-state index >= 15 is 0 Å². The molecule has 1 N–H and O–H groups in total. The van der Waals surface area contributed by atoms with Crippen LogP contribution in [0.5, 0.6) is 0 Å². The first-order chi connectivity index (χ1) is 9.70. The maximum absolute atomic E-state index is 9.50. The zero-order chi connectivity index (χ0) is 14.1. The second-order valence-electron chi connectivity index (χ2n) is 6.60. The van der Waals surface area contributed by atoms with Gasteiger partial charge in [0.2, 0.25) is 0 Å². The topological polar surface area (TPSA) is 41.3 Å². The third-order valence-electron chi connectivity index (χ3n) is 5.05. The van der Waals surface area contributed by atoms with E-state index in [0.717, 1.165) is 19.4 Å². The van der Waals surface area contributed by atoms with Gasteiger partial charge in [-0.1, -0.05) is 0 Å². The molecule has 0 saturated carbocycles. The summed E-state index contributed by atoms with van der Waals surface area (Å²) >= 11 is 0. The molecule has 0 spiro atoms. The number of aliphatic hydroxyl groups excluding tert-OH is 1. The summed E-state index contributed by atoms with van der Waals surface area (Å²) in [6.45, 7) is 7.15. The van der Waals surface area contributed by atoms with E-state index in [4.69, 9.17) is 0 Å². The van der Waals surface area contributed by atoms with Crippen LogP contribution in [0.4, 0.5) is 0 Å². The summed E-state index contributed by atoms with van der Waals surface area (Å²) in [6.07, 6.45) is 7.95. The molecule has 3 heterocycles. The molecule has 2 aliphatic rings. The maximum Gasteiger partial charge on any atom is 0.110 e. The summed E-state index contributed by atoms with van der Waals surface area (Å²) in [6, 6.07) is 1.28. The van der Waals surface area contributed by atoms with Crippen molar-refractivity contribution in [1.29, 1.82) is 0 Å². The number of imidazole rings is 1. The Morgan fingerprint density at radius 2 is 2.10 bits per heavy atom. The zero-order valence-electron chi connectivity index (χ0n) is 12.8. The minimum atomic E-state index is 0.257. The molecule has 0 aromatic carbocycles. The number of likely N-dealkylation sites (tertiary alicyclic amines) is 1. The minimum Gasteiger partial charge on any atom is -0.396 e. The summed E-state index contributed by atoms with van der Waals surface area (Å²) in [5.74, 6) is 1.53. The highest BCUT2D eigenvalue weighted by Gasteiger charge is 2.29. The molecule has 1 fully saturated rings. The highest BCUT2D eigenvalue weighted by Crippen LogP contribution is 2.30. The number of hydrogen-bond donors (Lipinski definition) is 1. The molecule has 4 heteroatoms. The van der Waals surface area contributed by atoms with Crippen LogP contribution in [0.2, 0.25) is 0 Å². The lowest BCUT2D eigenvalue weighted by Crippen LogP contribution is -2.37. The van der Waals surface area contributed by atoms with Gasteiger partial charge < -0.3 is 9.67 Å². The molecule has 112 valence electrons. The molecule has 1 saturated heterocycles. The van der Waals surface area contributed by atoms with Gasteiger partial charge in [0.15, 0.2) is 0 Å². The van der Waals surface area contributed by atoms with Crippen molar-refractivity contribution < 1.29 is 5.11 Å². The normalized spacial score (nSPS) is 27.2. The van der Waals surface area contributed by atoms with Gasteiger partial charge in [-0.2, -0.15) is 0 Å². The average molecular weight is 277 g/mol. The van der Waals surface area contributed by atoms with E-state index in [1.807, 2.05) is 6.20 Å². The first-order valence-electron chi connectivity index (χ1n) is 8.11. The van der Waals surface area contributed by atoms with Crippen LogP contribution in [0, 0.1) is 0 Å². The third kappa shape index (κ3) is 2.51. The number of rotatable bonds is 4. The Bertz CT molecular complexity index is 455. The molecule has 4 nitrogen and oxygen atoms in total. The van der Waals surface area contributed by atoms with Crippen LogP contribution in [0.3, 0.4) is 0 Å². The van der Waals surface area contributed by atoms with Gasteiger partial charge in [0.25, 0.3) is 0 Å². The summed E-state index contributed by atoms with van der Waals surface area (Å²) in [5, 5.41) is 9.50. The lowest BCUT2D eigenvalue weighted by Gasteiger charge is -2.29.